The van der Waals surface area contributed by atoms with E-state index in [9.17, 15) is 9.90 Å². The Morgan fingerprint density at radius 1 is 1.12 bits per heavy atom. The second-order valence-electron chi connectivity index (χ2n) is 7.56. The third kappa shape index (κ3) is 2.14. The lowest BCUT2D eigenvalue weighted by Gasteiger charge is -2.27. The van der Waals surface area contributed by atoms with Crippen LogP contribution in [0.2, 0.25) is 5.02 Å². The number of fused-ring (bicyclic) bond motifs is 1. The van der Waals surface area contributed by atoms with Gasteiger partial charge in [0.05, 0.1) is 12.0 Å². The number of rotatable bonds is 3. The number of hydrogen-bond acceptors (Lipinski definition) is 3. The number of carbonyl (C=O) groups is 1. The molecule has 2 aromatic rings. The highest BCUT2D eigenvalue weighted by Crippen LogP contribution is 2.73. The lowest BCUT2D eigenvalue weighted by molar-refractivity contribution is -0.140. The molecule has 6 rings (SSSR count). The summed E-state index contributed by atoms with van der Waals surface area (Å²) in [7, 11) is 0. The summed E-state index contributed by atoms with van der Waals surface area (Å²) in [5.41, 5.74) is 0.951. The van der Waals surface area contributed by atoms with E-state index in [1.807, 2.05) is 24.3 Å². The van der Waals surface area contributed by atoms with Gasteiger partial charge in [0.2, 0.25) is 0 Å². The van der Waals surface area contributed by atoms with E-state index in [1.165, 1.54) is 5.56 Å². The van der Waals surface area contributed by atoms with Gasteiger partial charge in [0.15, 0.2) is 0 Å². The molecule has 4 bridgehead atoms. The van der Waals surface area contributed by atoms with Gasteiger partial charge in [-0.3, -0.25) is 4.79 Å². The first-order valence-electron chi connectivity index (χ1n) is 9.01. The molecular formula is C22H19ClO3. The van der Waals surface area contributed by atoms with Crippen molar-refractivity contribution in [1.82, 2.24) is 0 Å². The number of hydrogen-bond donors (Lipinski definition) is 1. The first kappa shape index (κ1) is 16.1. The molecule has 0 saturated heterocycles. The van der Waals surface area contributed by atoms with Crippen molar-refractivity contribution in [2.24, 2.45) is 23.7 Å². The van der Waals surface area contributed by atoms with E-state index in [-0.39, 0.29) is 17.3 Å². The highest BCUT2D eigenvalue weighted by molar-refractivity contribution is 6.30. The molecule has 0 heterocycles. The maximum Gasteiger partial charge on any atom is 0.318 e. The fourth-order valence-electron chi connectivity index (χ4n) is 5.34. The number of halogens is 1. The summed E-state index contributed by atoms with van der Waals surface area (Å²) in [5.74, 6) is 0.295. The monoisotopic (exact) mass is 366 g/mol. The fourth-order valence-corrected chi connectivity index (χ4v) is 5.52. The van der Waals surface area contributed by atoms with Crippen molar-refractivity contribution in [3.8, 4) is 5.75 Å². The smallest absolute Gasteiger partial charge is 0.318 e. The molecule has 0 amide bonds. The van der Waals surface area contributed by atoms with Crippen molar-refractivity contribution >= 4 is 17.6 Å². The molecule has 0 aliphatic heterocycles. The number of benzene rings is 2. The highest BCUT2D eigenvalue weighted by Gasteiger charge is 2.75. The summed E-state index contributed by atoms with van der Waals surface area (Å²) < 4.78 is 5.55. The van der Waals surface area contributed by atoms with Crippen molar-refractivity contribution < 1.29 is 14.6 Å². The molecule has 0 spiro atoms. The Labute approximate surface area is 157 Å². The summed E-state index contributed by atoms with van der Waals surface area (Å²) in [4.78, 5) is 12.8. The first-order valence-corrected chi connectivity index (χ1v) is 9.39. The van der Waals surface area contributed by atoms with E-state index < -0.39 is 12.0 Å². The predicted molar refractivity (Wildman–Crippen MR) is 98.9 cm³/mol. The largest absolute Gasteiger partial charge is 0.426 e. The fraction of sp³-hybridized carbons (Fsp3) is 0.318. The molecule has 2 aromatic carbocycles. The molecule has 0 aromatic heterocycles. The molecule has 4 aliphatic rings. The highest BCUT2D eigenvalue weighted by atomic mass is 35.5. The number of aliphatic hydroxyl groups excluding tert-OH is 1. The van der Waals surface area contributed by atoms with Crippen molar-refractivity contribution in [1.29, 1.82) is 0 Å². The molecule has 1 N–H and O–H groups in total. The van der Waals surface area contributed by atoms with E-state index in [1.54, 1.807) is 24.3 Å². The Hall–Kier alpha value is -2.10. The van der Waals surface area contributed by atoms with Crippen LogP contribution in [0.15, 0.2) is 66.7 Å². The minimum absolute atomic E-state index is 0.109. The zero-order valence-corrected chi connectivity index (χ0v) is 14.8. The molecule has 4 heteroatoms. The zero-order valence-electron chi connectivity index (χ0n) is 14.1. The summed E-state index contributed by atoms with van der Waals surface area (Å²) in [6.07, 6.45) is 4.39. The van der Waals surface area contributed by atoms with Gasteiger partial charge in [-0.25, -0.2) is 0 Å². The number of carbonyl (C=O) groups excluding carboxylic acids is 1. The van der Waals surface area contributed by atoms with Crippen LogP contribution in [-0.4, -0.2) is 17.2 Å². The number of esters is 1. The van der Waals surface area contributed by atoms with Crippen LogP contribution in [0.5, 0.6) is 5.75 Å². The van der Waals surface area contributed by atoms with Gasteiger partial charge in [-0.1, -0.05) is 60.2 Å². The van der Waals surface area contributed by atoms with Gasteiger partial charge < -0.3 is 9.84 Å². The average Bonchev–Trinajstić information content (AvgIpc) is 3.26. The summed E-state index contributed by atoms with van der Waals surface area (Å²) in [6.45, 7) is 0. The van der Waals surface area contributed by atoms with Crippen LogP contribution in [0.1, 0.15) is 12.0 Å². The van der Waals surface area contributed by atoms with Crippen molar-refractivity contribution in [2.45, 2.75) is 17.9 Å². The Kier molecular flexibility index (Phi) is 3.53. The van der Waals surface area contributed by atoms with Crippen molar-refractivity contribution in [3.63, 3.8) is 0 Å². The average molecular weight is 367 g/mol. The van der Waals surface area contributed by atoms with Crippen LogP contribution in [0.4, 0.5) is 0 Å². The number of allylic oxidation sites excluding steroid dienone is 1. The van der Waals surface area contributed by atoms with Gasteiger partial charge in [0, 0.05) is 16.4 Å². The standard InChI is InChI=1S/C22H19ClO3/c23-14-7-4-8-15(11-14)26-21(25)16-9-10-18-19-12-17(16)20(24)22(18,19)13-5-2-1-3-6-13/h1-11,16-20,24H,12H2/t16-,17+,18+,19-,20+,22+/m0/s1. The zero-order chi connectivity index (χ0) is 17.9. The van der Waals surface area contributed by atoms with Gasteiger partial charge in [-0.2, -0.15) is 0 Å². The molecule has 2 fully saturated rings. The maximum atomic E-state index is 12.8. The predicted octanol–water partition coefficient (Wildman–Crippen LogP) is 4.00. The van der Waals surface area contributed by atoms with Gasteiger partial charge >= 0.3 is 5.97 Å². The van der Waals surface area contributed by atoms with Gasteiger partial charge in [-0.05, 0) is 42.0 Å². The minimum Gasteiger partial charge on any atom is -0.426 e. The Morgan fingerprint density at radius 2 is 1.92 bits per heavy atom. The number of ether oxygens (including phenoxy) is 1. The van der Waals surface area contributed by atoms with Crippen LogP contribution in [0.25, 0.3) is 0 Å². The second kappa shape index (κ2) is 5.70. The van der Waals surface area contributed by atoms with Crippen LogP contribution in [0, 0.1) is 23.7 Å². The van der Waals surface area contributed by atoms with Gasteiger partial charge in [0.1, 0.15) is 5.75 Å². The van der Waals surface area contributed by atoms with Crippen LogP contribution < -0.4 is 4.74 Å². The van der Waals surface area contributed by atoms with E-state index in [4.69, 9.17) is 16.3 Å². The van der Waals surface area contributed by atoms with Gasteiger partial charge in [0.25, 0.3) is 0 Å². The molecule has 2 saturated carbocycles. The number of aliphatic hydroxyl groups is 1. The molecular weight excluding hydrogens is 348 g/mol. The van der Waals surface area contributed by atoms with E-state index in [2.05, 4.69) is 18.2 Å². The SMILES string of the molecule is O=C(Oc1cccc(Cl)c1)[C@H]1C=C[C@@H]2[C@@H]3C[C@H]1[C@@H](O)[C@]23c1ccccc1. The van der Waals surface area contributed by atoms with Crippen molar-refractivity contribution in [3.05, 3.63) is 77.3 Å². The van der Waals surface area contributed by atoms with Crippen LogP contribution >= 0.6 is 11.6 Å². The van der Waals surface area contributed by atoms with Gasteiger partial charge in [-0.15, -0.1) is 0 Å². The minimum atomic E-state index is -0.535. The molecule has 6 atom stereocenters. The molecule has 4 aliphatic carbocycles. The van der Waals surface area contributed by atoms with Crippen LogP contribution in [-0.2, 0) is 10.2 Å². The third-order valence-corrected chi connectivity index (χ3v) is 6.69. The lowest BCUT2D eigenvalue weighted by atomic mass is 9.81. The van der Waals surface area contributed by atoms with Crippen LogP contribution in [0.3, 0.4) is 0 Å². The van der Waals surface area contributed by atoms with E-state index >= 15 is 0 Å². The lowest BCUT2D eigenvalue weighted by Crippen LogP contribution is -2.37. The summed E-state index contributed by atoms with van der Waals surface area (Å²) >= 11 is 5.97. The third-order valence-electron chi connectivity index (χ3n) is 6.46. The summed E-state index contributed by atoms with van der Waals surface area (Å²) in [6, 6.07) is 17.1. The normalized spacial score (nSPS) is 36.5. The topological polar surface area (TPSA) is 46.5 Å². The summed E-state index contributed by atoms with van der Waals surface area (Å²) in [5, 5.41) is 11.7. The maximum absolute atomic E-state index is 12.8. The first-order chi connectivity index (χ1) is 12.6. The second-order valence-corrected chi connectivity index (χ2v) is 8.00. The Bertz CT molecular complexity index is 893. The van der Waals surface area contributed by atoms with E-state index in [0.29, 0.717) is 22.6 Å². The Balaban J connectivity index is 1.42. The molecule has 132 valence electrons. The van der Waals surface area contributed by atoms with E-state index in [0.717, 1.165) is 6.42 Å². The molecule has 3 nitrogen and oxygen atoms in total. The molecule has 0 unspecified atom stereocenters. The molecule has 0 radical (unpaired) electrons. The quantitative estimate of drug-likeness (QED) is 0.507. The van der Waals surface area contributed by atoms with Crippen molar-refractivity contribution in [2.75, 3.05) is 0 Å². The Morgan fingerprint density at radius 3 is 2.69 bits per heavy atom. The molecule has 26 heavy (non-hydrogen) atoms.